The summed E-state index contributed by atoms with van der Waals surface area (Å²) < 4.78 is 0. The van der Waals surface area contributed by atoms with Crippen LogP contribution in [0.25, 0.3) is 10.8 Å². The zero-order valence-corrected chi connectivity index (χ0v) is 7.65. The third kappa shape index (κ3) is 0.985. The molecule has 0 spiro atoms. The second-order valence-corrected chi connectivity index (χ2v) is 3.37. The highest BCUT2D eigenvalue weighted by atomic mass is 16.2. The summed E-state index contributed by atoms with van der Waals surface area (Å²) in [4.78, 5) is 26.6. The normalized spacial score (nSPS) is 14.1. The van der Waals surface area contributed by atoms with Crippen LogP contribution in [0.2, 0.25) is 0 Å². The van der Waals surface area contributed by atoms with E-state index in [0.717, 1.165) is 10.8 Å². The Morgan fingerprint density at radius 3 is 2.87 bits per heavy atom. The third-order valence-corrected chi connectivity index (χ3v) is 2.51. The largest absolute Gasteiger partial charge is 0.318 e. The molecule has 0 radical (unpaired) electrons. The highest BCUT2D eigenvalue weighted by Crippen LogP contribution is 2.30. The first-order valence-corrected chi connectivity index (χ1v) is 4.50. The number of nitrogens with one attached hydrogen (secondary N) is 1. The Hall–Kier alpha value is -2.23. The average Bonchev–Trinajstić information content (AvgIpc) is 2.56. The minimum Gasteiger partial charge on any atom is -0.318 e. The first kappa shape index (κ1) is 8.11. The summed E-state index contributed by atoms with van der Waals surface area (Å²) in [6, 6.07) is 5.32. The van der Waals surface area contributed by atoms with Crippen LogP contribution in [0, 0.1) is 0 Å². The number of Topliss-reactive ketones (excluding diaryl/α,β-unsaturated/α-hetero) is 1. The van der Waals surface area contributed by atoms with Gasteiger partial charge in [0, 0.05) is 17.8 Å². The van der Waals surface area contributed by atoms with E-state index in [2.05, 4.69) is 10.3 Å². The molecular formula is C11H6N2O2. The minimum absolute atomic E-state index is 0.431. The molecule has 4 nitrogen and oxygen atoms in total. The number of carbonyl (C=O) groups excluding carboxylic acids is 2. The van der Waals surface area contributed by atoms with Gasteiger partial charge in [0.2, 0.25) is 0 Å². The molecule has 1 amide bonds. The number of pyridine rings is 1. The van der Waals surface area contributed by atoms with Gasteiger partial charge >= 0.3 is 0 Å². The van der Waals surface area contributed by atoms with Gasteiger partial charge in [0.25, 0.3) is 11.7 Å². The van der Waals surface area contributed by atoms with E-state index >= 15 is 0 Å². The van der Waals surface area contributed by atoms with E-state index in [4.69, 9.17) is 0 Å². The summed E-state index contributed by atoms with van der Waals surface area (Å²) >= 11 is 0. The quantitative estimate of drug-likeness (QED) is 0.650. The maximum atomic E-state index is 11.4. The molecule has 1 N–H and O–H groups in total. The van der Waals surface area contributed by atoms with Crippen LogP contribution in [0.5, 0.6) is 0 Å². The minimum atomic E-state index is -0.568. The lowest BCUT2D eigenvalue weighted by Gasteiger charge is -2.02. The lowest BCUT2D eigenvalue weighted by atomic mass is 10.1. The topological polar surface area (TPSA) is 59.1 Å². The van der Waals surface area contributed by atoms with Crippen molar-refractivity contribution in [1.82, 2.24) is 4.98 Å². The van der Waals surface area contributed by atoms with Crippen LogP contribution in [0.1, 0.15) is 10.4 Å². The number of hydrogen-bond acceptors (Lipinski definition) is 3. The number of hydrogen-bond donors (Lipinski definition) is 1. The van der Waals surface area contributed by atoms with Crippen molar-refractivity contribution in [2.75, 3.05) is 5.32 Å². The molecule has 0 unspecified atom stereocenters. The Kier molecular flexibility index (Phi) is 1.42. The predicted octanol–water partition coefficient (Wildman–Crippen LogP) is 1.37. The third-order valence-electron chi connectivity index (χ3n) is 2.51. The van der Waals surface area contributed by atoms with E-state index in [-0.39, 0.29) is 0 Å². The van der Waals surface area contributed by atoms with Gasteiger partial charge in [0.05, 0.1) is 11.3 Å². The molecule has 3 rings (SSSR count). The number of rotatable bonds is 0. The smallest absolute Gasteiger partial charge is 0.296 e. The number of nitrogens with zero attached hydrogens (tertiary/aromatic N) is 1. The van der Waals surface area contributed by atoms with Crippen molar-refractivity contribution < 1.29 is 9.59 Å². The molecule has 0 saturated carbocycles. The predicted molar refractivity (Wildman–Crippen MR) is 54.7 cm³/mol. The maximum absolute atomic E-state index is 11.4. The molecule has 0 saturated heterocycles. The van der Waals surface area contributed by atoms with Gasteiger partial charge in [-0.15, -0.1) is 0 Å². The second kappa shape index (κ2) is 2.63. The Bertz CT molecular complexity index is 605. The molecule has 1 aliphatic rings. The van der Waals surface area contributed by atoms with Gasteiger partial charge < -0.3 is 5.32 Å². The number of amides is 1. The van der Waals surface area contributed by atoms with Crippen LogP contribution < -0.4 is 5.32 Å². The standard InChI is InChI=1S/C11H6N2O2/c14-10-7-2-1-6-3-4-12-5-8(6)9(7)13-11(10)15/h1-5H,(H,13,14,15). The molecule has 1 aromatic heterocycles. The SMILES string of the molecule is O=C1Nc2c(ccc3ccncc23)C1=O. The van der Waals surface area contributed by atoms with E-state index < -0.39 is 11.7 Å². The summed E-state index contributed by atoms with van der Waals surface area (Å²) in [6.45, 7) is 0. The summed E-state index contributed by atoms with van der Waals surface area (Å²) in [5, 5.41) is 4.32. The van der Waals surface area contributed by atoms with Crippen molar-refractivity contribution in [3.05, 3.63) is 36.2 Å². The summed E-state index contributed by atoms with van der Waals surface area (Å²) in [5.74, 6) is -1.04. The van der Waals surface area contributed by atoms with E-state index in [1.54, 1.807) is 18.5 Å². The van der Waals surface area contributed by atoms with Crippen molar-refractivity contribution in [2.45, 2.75) is 0 Å². The van der Waals surface area contributed by atoms with E-state index in [1.807, 2.05) is 12.1 Å². The summed E-state index contributed by atoms with van der Waals surface area (Å²) in [5.41, 5.74) is 1.01. The number of benzene rings is 1. The molecule has 1 aromatic carbocycles. The molecule has 0 aliphatic carbocycles. The van der Waals surface area contributed by atoms with Crippen LogP contribution in [-0.2, 0) is 4.79 Å². The lowest BCUT2D eigenvalue weighted by molar-refractivity contribution is -0.112. The van der Waals surface area contributed by atoms with Gasteiger partial charge in [-0.05, 0) is 17.5 Å². The zero-order valence-electron chi connectivity index (χ0n) is 7.65. The fourth-order valence-corrected chi connectivity index (χ4v) is 1.78. The van der Waals surface area contributed by atoms with E-state index in [1.165, 1.54) is 0 Å². The van der Waals surface area contributed by atoms with Crippen molar-refractivity contribution >= 4 is 28.2 Å². The van der Waals surface area contributed by atoms with Gasteiger partial charge in [0.1, 0.15) is 0 Å². The molecule has 2 heterocycles. The molecule has 1 aliphatic heterocycles. The number of fused-ring (bicyclic) bond motifs is 3. The molecular weight excluding hydrogens is 192 g/mol. The fraction of sp³-hybridized carbons (Fsp3) is 0. The average molecular weight is 198 g/mol. The van der Waals surface area contributed by atoms with Gasteiger partial charge in [-0.25, -0.2) is 0 Å². The molecule has 0 bridgehead atoms. The Labute approximate surface area is 84.9 Å². The maximum Gasteiger partial charge on any atom is 0.296 e. The number of ketones is 1. The summed E-state index contributed by atoms with van der Waals surface area (Å²) in [7, 11) is 0. The number of aromatic nitrogens is 1. The molecule has 0 atom stereocenters. The van der Waals surface area contributed by atoms with Gasteiger partial charge in [0.15, 0.2) is 0 Å². The molecule has 4 heteroatoms. The van der Waals surface area contributed by atoms with Crippen LogP contribution >= 0.6 is 0 Å². The highest BCUT2D eigenvalue weighted by Gasteiger charge is 2.29. The first-order chi connectivity index (χ1) is 7.27. The van der Waals surface area contributed by atoms with Crippen molar-refractivity contribution in [1.29, 1.82) is 0 Å². The molecule has 15 heavy (non-hydrogen) atoms. The van der Waals surface area contributed by atoms with Gasteiger partial charge in [-0.2, -0.15) is 0 Å². The number of carbonyl (C=O) groups is 2. The monoisotopic (exact) mass is 198 g/mol. The van der Waals surface area contributed by atoms with Crippen molar-refractivity contribution in [3.63, 3.8) is 0 Å². The Balaban J connectivity index is 2.43. The van der Waals surface area contributed by atoms with Gasteiger partial charge in [-0.3, -0.25) is 14.6 Å². The summed E-state index contributed by atoms with van der Waals surface area (Å²) in [6.07, 6.45) is 3.32. The van der Waals surface area contributed by atoms with Crippen LogP contribution in [0.4, 0.5) is 5.69 Å². The van der Waals surface area contributed by atoms with Crippen LogP contribution in [-0.4, -0.2) is 16.7 Å². The highest BCUT2D eigenvalue weighted by molar-refractivity contribution is 6.52. The Morgan fingerprint density at radius 2 is 2.00 bits per heavy atom. The van der Waals surface area contributed by atoms with Crippen molar-refractivity contribution in [2.24, 2.45) is 0 Å². The molecule has 0 fully saturated rings. The van der Waals surface area contributed by atoms with Crippen LogP contribution in [0.15, 0.2) is 30.6 Å². The molecule has 72 valence electrons. The van der Waals surface area contributed by atoms with Crippen molar-refractivity contribution in [3.8, 4) is 0 Å². The second-order valence-electron chi connectivity index (χ2n) is 3.37. The van der Waals surface area contributed by atoms with E-state index in [9.17, 15) is 9.59 Å². The zero-order chi connectivity index (χ0) is 10.4. The first-order valence-electron chi connectivity index (χ1n) is 4.50. The number of anilines is 1. The van der Waals surface area contributed by atoms with Crippen LogP contribution in [0.3, 0.4) is 0 Å². The fourth-order valence-electron chi connectivity index (χ4n) is 1.78. The van der Waals surface area contributed by atoms with Gasteiger partial charge in [-0.1, -0.05) is 6.07 Å². The van der Waals surface area contributed by atoms with E-state index in [0.29, 0.717) is 11.3 Å². The Morgan fingerprint density at radius 1 is 1.13 bits per heavy atom. The molecule has 2 aromatic rings. The lowest BCUT2D eigenvalue weighted by Crippen LogP contribution is -2.12.